The number of nitrogens with one attached hydrogen (secondary N) is 1. The van der Waals surface area contributed by atoms with E-state index in [1.165, 1.54) is 0 Å². The number of carbonyl (C=O) groups excluding carboxylic acids is 2. The molecule has 0 bridgehead atoms. The van der Waals surface area contributed by atoms with E-state index in [1.807, 2.05) is 48.5 Å². The third-order valence-corrected chi connectivity index (χ3v) is 6.93. The average molecular weight is 492 g/mol. The van der Waals surface area contributed by atoms with Crippen molar-refractivity contribution in [3.63, 3.8) is 0 Å². The van der Waals surface area contributed by atoms with Crippen molar-refractivity contribution in [2.45, 2.75) is 17.7 Å². The number of benzene rings is 2. The van der Waals surface area contributed by atoms with Crippen LogP contribution in [0.4, 0.5) is 5.69 Å². The van der Waals surface area contributed by atoms with Gasteiger partial charge in [0.15, 0.2) is 0 Å². The Kier molecular flexibility index (Phi) is 7.92. The summed E-state index contributed by atoms with van der Waals surface area (Å²) in [5, 5.41) is 3.10. The van der Waals surface area contributed by atoms with E-state index in [1.54, 1.807) is 50.3 Å². The predicted octanol–water partition coefficient (Wildman–Crippen LogP) is 4.52. The van der Waals surface area contributed by atoms with Crippen LogP contribution in [-0.4, -0.2) is 55.3 Å². The van der Waals surface area contributed by atoms with Gasteiger partial charge < -0.3 is 19.7 Å². The standard InChI is InChI=1S/C27H29N3O4S/c1-30(2)26(31)10-13-35-25-16-19(18-8-11-28-12-9-18)4-6-23(25)29-27(32)21-14-20-15-22(33-3)5-7-24(20)34-17-21/h4-9,11-12,15-16,21H,10,13-14,17H2,1-3H3,(H,29,32)/t21-/m0/s1. The molecule has 3 aromatic rings. The SMILES string of the molecule is COc1ccc2c(c1)C[C@H](C(=O)Nc1ccc(-c3ccncc3)cc1SCCC(=O)N(C)C)CO2. The van der Waals surface area contributed by atoms with E-state index in [-0.39, 0.29) is 17.7 Å². The number of methoxy groups -OCH3 is 1. The van der Waals surface area contributed by atoms with Crippen molar-refractivity contribution in [3.05, 3.63) is 66.5 Å². The fraction of sp³-hybridized carbons (Fsp3) is 0.296. The molecular weight excluding hydrogens is 462 g/mol. The highest BCUT2D eigenvalue weighted by Crippen LogP contribution is 2.35. The monoisotopic (exact) mass is 491 g/mol. The molecule has 1 aliphatic heterocycles. The molecule has 2 heterocycles. The molecule has 8 heteroatoms. The van der Waals surface area contributed by atoms with Gasteiger partial charge in [0.1, 0.15) is 18.1 Å². The molecule has 0 saturated carbocycles. The second-order valence-electron chi connectivity index (χ2n) is 8.51. The van der Waals surface area contributed by atoms with Crippen LogP contribution in [0.3, 0.4) is 0 Å². The van der Waals surface area contributed by atoms with Gasteiger partial charge in [0, 0.05) is 43.6 Å². The molecule has 4 rings (SSSR count). The van der Waals surface area contributed by atoms with Gasteiger partial charge in [-0.25, -0.2) is 0 Å². The minimum absolute atomic E-state index is 0.0711. The molecule has 0 saturated heterocycles. The Hall–Kier alpha value is -3.52. The number of aromatic nitrogens is 1. The molecule has 0 radical (unpaired) electrons. The van der Waals surface area contributed by atoms with Crippen LogP contribution < -0.4 is 14.8 Å². The maximum Gasteiger partial charge on any atom is 0.231 e. The number of hydrogen-bond acceptors (Lipinski definition) is 6. The lowest BCUT2D eigenvalue weighted by Gasteiger charge is -2.25. The van der Waals surface area contributed by atoms with Crippen molar-refractivity contribution in [3.8, 4) is 22.6 Å². The number of hydrogen-bond donors (Lipinski definition) is 1. The van der Waals surface area contributed by atoms with Gasteiger partial charge in [-0.3, -0.25) is 14.6 Å². The molecule has 0 spiro atoms. The summed E-state index contributed by atoms with van der Waals surface area (Å²) in [4.78, 5) is 31.9. The first kappa shape index (κ1) is 24.6. The van der Waals surface area contributed by atoms with Crippen LogP contribution in [0.1, 0.15) is 12.0 Å². The summed E-state index contributed by atoms with van der Waals surface area (Å²) in [5.74, 6) is 1.80. The van der Waals surface area contributed by atoms with E-state index in [9.17, 15) is 9.59 Å². The highest BCUT2D eigenvalue weighted by atomic mass is 32.2. The Balaban J connectivity index is 1.52. The summed E-state index contributed by atoms with van der Waals surface area (Å²) in [5.41, 5.74) is 3.75. The van der Waals surface area contributed by atoms with Crippen LogP contribution in [0, 0.1) is 5.92 Å². The lowest BCUT2D eigenvalue weighted by atomic mass is 9.95. The number of rotatable bonds is 8. The second-order valence-corrected chi connectivity index (χ2v) is 9.65. The number of ether oxygens (including phenoxy) is 2. The molecule has 0 fully saturated rings. The molecule has 2 aromatic carbocycles. The minimum Gasteiger partial charge on any atom is -0.497 e. The Morgan fingerprint density at radius 3 is 2.66 bits per heavy atom. The van der Waals surface area contributed by atoms with Crippen LogP contribution >= 0.6 is 11.8 Å². The van der Waals surface area contributed by atoms with Gasteiger partial charge in [0.05, 0.1) is 18.7 Å². The van der Waals surface area contributed by atoms with Crippen molar-refractivity contribution in [1.29, 1.82) is 0 Å². The quantitative estimate of drug-likeness (QED) is 0.467. The molecule has 7 nitrogen and oxygen atoms in total. The first-order valence-electron chi connectivity index (χ1n) is 11.4. The average Bonchev–Trinajstić information content (AvgIpc) is 2.89. The summed E-state index contributed by atoms with van der Waals surface area (Å²) < 4.78 is 11.2. The first-order chi connectivity index (χ1) is 16.9. The molecule has 0 aliphatic carbocycles. The summed E-state index contributed by atoms with van der Waals surface area (Å²) in [6, 6.07) is 15.5. The Labute approximate surface area is 209 Å². The van der Waals surface area contributed by atoms with Gasteiger partial charge in [0.2, 0.25) is 11.8 Å². The van der Waals surface area contributed by atoms with Crippen LogP contribution in [0.25, 0.3) is 11.1 Å². The Morgan fingerprint density at radius 1 is 1.11 bits per heavy atom. The summed E-state index contributed by atoms with van der Waals surface area (Å²) in [7, 11) is 5.13. The largest absolute Gasteiger partial charge is 0.497 e. The van der Waals surface area contributed by atoms with E-state index in [4.69, 9.17) is 9.47 Å². The van der Waals surface area contributed by atoms with Crippen LogP contribution in [-0.2, 0) is 16.0 Å². The Morgan fingerprint density at radius 2 is 1.91 bits per heavy atom. The molecular formula is C27H29N3O4S. The van der Waals surface area contributed by atoms with E-state index in [2.05, 4.69) is 10.3 Å². The second kappa shape index (κ2) is 11.3. The van der Waals surface area contributed by atoms with Gasteiger partial charge in [-0.1, -0.05) is 6.07 Å². The molecule has 1 aromatic heterocycles. The van der Waals surface area contributed by atoms with E-state index >= 15 is 0 Å². The molecule has 1 atom stereocenters. The normalized spacial score (nSPS) is 14.4. The number of anilines is 1. The van der Waals surface area contributed by atoms with Crippen LogP contribution in [0.5, 0.6) is 11.5 Å². The fourth-order valence-electron chi connectivity index (χ4n) is 3.84. The van der Waals surface area contributed by atoms with Gasteiger partial charge in [0.25, 0.3) is 0 Å². The molecule has 2 amide bonds. The van der Waals surface area contributed by atoms with E-state index in [0.29, 0.717) is 25.2 Å². The third-order valence-electron chi connectivity index (χ3n) is 5.87. The topological polar surface area (TPSA) is 80.8 Å². The summed E-state index contributed by atoms with van der Waals surface area (Å²) in [6.45, 7) is 0.320. The number of fused-ring (bicyclic) bond motifs is 1. The molecule has 1 N–H and O–H groups in total. The summed E-state index contributed by atoms with van der Waals surface area (Å²) in [6.07, 6.45) is 4.50. The number of thioether (sulfide) groups is 1. The van der Waals surface area contributed by atoms with Gasteiger partial charge in [-0.15, -0.1) is 11.8 Å². The van der Waals surface area contributed by atoms with Crippen molar-refractivity contribution >= 4 is 29.3 Å². The predicted molar refractivity (Wildman–Crippen MR) is 138 cm³/mol. The zero-order valence-electron chi connectivity index (χ0n) is 20.1. The van der Waals surface area contributed by atoms with Crippen LogP contribution in [0.2, 0.25) is 0 Å². The third kappa shape index (κ3) is 6.14. The molecule has 182 valence electrons. The van der Waals surface area contributed by atoms with E-state index in [0.717, 1.165) is 38.8 Å². The van der Waals surface area contributed by atoms with E-state index < -0.39 is 0 Å². The lowest BCUT2D eigenvalue weighted by molar-refractivity contribution is -0.128. The first-order valence-corrected chi connectivity index (χ1v) is 12.4. The molecule has 1 aliphatic rings. The Bertz CT molecular complexity index is 1200. The fourth-order valence-corrected chi connectivity index (χ4v) is 4.82. The van der Waals surface area contributed by atoms with Gasteiger partial charge >= 0.3 is 0 Å². The van der Waals surface area contributed by atoms with Crippen molar-refractivity contribution in [2.75, 3.05) is 38.9 Å². The maximum atomic E-state index is 13.2. The minimum atomic E-state index is -0.317. The zero-order chi connectivity index (χ0) is 24.8. The zero-order valence-corrected chi connectivity index (χ0v) is 20.9. The van der Waals surface area contributed by atoms with Crippen molar-refractivity contribution in [1.82, 2.24) is 9.88 Å². The smallest absolute Gasteiger partial charge is 0.231 e. The van der Waals surface area contributed by atoms with Crippen molar-refractivity contribution in [2.24, 2.45) is 5.92 Å². The maximum absolute atomic E-state index is 13.2. The van der Waals surface area contributed by atoms with Crippen LogP contribution in [0.15, 0.2) is 65.8 Å². The number of nitrogens with zero attached hydrogens (tertiary/aromatic N) is 2. The van der Waals surface area contributed by atoms with Gasteiger partial charge in [-0.2, -0.15) is 0 Å². The number of carbonyl (C=O) groups is 2. The van der Waals surface area contributed by atoms with Gasteiger partial charge in [-0.05, 0) is 65.6 Å². The van der Waals surface area contributed by atoms with Crippen molar-refractivity contribution < 1.29 is 19.1 Å². The molecule has 0 unspecified atom stereocenters. The lowest BCUT2D eigenvalue weighted by Crippen LogP contribution is -2.32. The number of amides is 2. The number of pyridine rings is 1. The summed E-state index contributed by atoms with van der Waals surface area (Å²) >= 11 is 1.56. The highest BCUT2D eigenvalue weighted by molar-refractivity contribution is 7.99. The highest BCUT2D eigenvalue weighted by Gasteiger charge is 2.27. The molecule has 35 heavy (non-hydrogen) atoms.